The average Bonchev–Trinajstić information content (AvgIpc) is 2.91. The quantitative estimate of drug-likeness (QED) is 0.450. The first kappa shape index (κ1) is 17.7. The summed E-state index contributed by atoms with van der Waals surface area (Å²) < 4.78 is 6.53. The highest BCUT2D eigenvalue weighted by atomic mass is 16.5. The molecule has 8 nitrogen and oxygen atoms in total. The molecule has 1 aliphatic rings. The van der Waals surface area contributed by atoms with E-state index < -0.39 is 35.6 Å². The van der Waals surface area contributed by atoms with Gasteiger partial charge in [-0.1, -0.05) is 0 Å². The zero-order valence-electron chi connectivity index (χ0n) is 11.5. The van der Waals surface area contributed by atoms with Gasteiger partial charge in [0, 0.05) is 18.7 Å². The highest BCUT2D eigenvalue weighted by Gasteiger charge is 2.35. The summed E-state index contributed by atoms with van der Waals surface area (Å²) in [6.45, 7) is -0.497. The van der Waals surface area contributed by atoms with Gasteiger partial charge in [-0.3, -0.25) is 14.3 Å². The van der Waals surface area contributed by atoms with E-state index in [1.54, 1.807) is 0 Å². The van der Waals surface area contributed by atoms with Crippen LogP contribution in [0.25, 0.3) is 0 Å². The van der Waals surface area contributed by atoms with Crippen molar-refractivity contribution < 1.29 is 20.1 Å². The van der Waals surface area contributed by atoms with Crippen LogP contribution >= 0.6 is 0 Å². The molecule has 1 aromatic rings. The molecule has 1 saturated heterocycles. The second kappa shape index (κ2) is 7.08. The van der Waals surface area contributed by atoms with Gasteiger partial charge in [0.05, 0.1) is 18.3 Å². The van der Waals surface area contributed by atoms with E-state index in [2.05, 4.69) is 4.98 Å². The summed E-state index contributed by atoms with van der Waals surface area (Å²) in [6.07, 6.45) is 0.486. The molecule has 0 aliphatic carbocycles. The van der Waals surface area contributed by atoms with Crippen LogP contribution in [-0.4, -0.2) is 59.2 Å². The summed E-state index contributed by atoms with van der Waals surface area (Å²) >= 11 is 0. The maximum absolute atomic E-state index is 11.7. The summed E-state index contributed by atoms with van der Waals surface area (Å²) in [5.41, 5.74) is -1.26. The molecule has 0 bridgehead atoms. The van der Waals surface area contributed by atoms with Crippen LogP contribution in [0.2, 0.25) is 0 Å². The molecule has 0 saturated carbocycles. The molecule has 1 fully saturated rings. The van der Waals surface area contributed by atoms with Gasteiger partial charge < -0.3 is 20.1 Å². The van der Waals surface area contributed by atoms with Crippen LogP contribution in [0.5, 0.6) is 0 Å². The molecule has 2 rings (SSSR count). The summed E-state index contributed by atoms with van der Waals surface area (Å²) in [5.74, 6) is 0. The van der Waals surface area contributed by atoms with Crippen molar-refractivity contribution in [3.05, 3.63) is 32.6 Å². The van der Waals surface area contributed by atoms with Gasteiger partial charge in [0.25, 0.3) is 5.56 Å². The van der Waals surface area contributed by atoms with Gasteiger partial charge in [-0.05, 0) is 12.8 Å². The van der Waals surface area contributed by atoms with Crippen molar-refractivity contribution >= 4 is 15.7 Å². The smallest absolute Gasteiger partial charge is 0.330 e. The average molecular weight is 294 g/mol. The third-order valence-corrected chi connectivity index (χ3v) is 3.04. The number of aliphatic hydroxyl groups excluding tert-OH is 2. The Hall–Kier alpha value is -1.35. The van der Waals surface area contributed by atoms with Gasteiger partial charge in [-0.2, -0.15) is 0 Å². The standard InChI is InChI=1S/C10H12B2N2O5.CH4O/c11-10(12,18)6-1-2-7(19-6)14-3-5(4-15)8(16)13-9(14)17;1-2/h3,6-7,15,18H,1-2,4H2,(H,13,16,17);2H,1H3. The predicted octanol–water partition coefficient (Wildman–Crippen LogP) is -2.70. The first-order valence-electron chi connectivity index (χ1n) is 6.18. The first-order chi connectivity index (χ1) is 9.82. The Kier molecular flexibility index (Phi) is 5.97. The third-order valence-electron chi connectivity index (χ3n) is 3.04. The summed E-state index contributed by atoms with van der Waals surface area (Å²) in [5, 5.41) is 23.5. The van der Waals surface area contributed by atoms with E-state index in [-0.39, 0.29) is 5.56 Å². The van der Waals surface area contributed by atoms with Gasteiger partial charge in [0.1, 0.15) is 21.9 Å². The number of aromatic amines is 1. The summed E-state index contributed by atoms with van der Waals surface area (Å²) in [4.78, 5) is 25.1. The minimum Gasteiger partial charge on any atom is -0.407 e. The van der Waals surface area contributed by atoms with Crippen molar-refractivity contribution in [2.45, 2.75) is 37.2 Å². The predicted molar refractivity (Wildman–Crippen MR) is 75.0 cm³/mol. The lowest BCUT2D eigenvalue weighted by molar-refractivity contribution is -0.0504. The van der Waals surface area contributed by atoms with Crippen LogP contribution in [0.1, 0.15) is 24.6 Å². The van der Waals surface area contributed by atoms with Crippen LogP contribution in [0, 0.1) is 0 Å². The minimum absolute atomic E-state index is 0.0439. The van der Waals surface area contributed by atoms with Crippen molar-refractivity contribution in [3.8, 4) is 0 Å². The van der Waals surface area contributed by atoms with Gasteiger partial charge in [-0.25, -0.2) is 4.79 Å². The maximum atomic E-state index is 11.7. The molecule has 4 radical (unpaired) electrons. The second-order valence-corrected chi connectivity index (χ2v) is 4.52. The van der Waals surface area contributed by atoms with E-state index >= 15 is 0 Å². The zero-order valence-corrected chi connectivity index (χ0v) is 11.5. The molecule has 0 amide bonds. The largest absolute Gasteiger partial charge is 0.407 e. The van der Waals surface area contributed by atoms with Gasteiger partial charge in [-0.15, -0.1) is 0 Å². The van der Waals surface area contributed by atoms with Crippen LogP contribution < -0.4 is 11.2 Å². The fraction of sp³-hybridized carbons (Fsp3) is 0.636. The fourth-order valence-electron chi connectivity index (χ4n) is 2.02. The number of H-pyrrole nitrogens is 1. The Bertz CT molecular complexity index is 579. The molecule has 0 aromatic carbocycles. The molecule has 21 heavy (non-hydrogen) atoms. The van der Waals surface area contributed by atoms with Gasteiger partial charge in [0.2, 0.25) is 0 Å². The van der Waals surface area contributed by atoms with Crippen LogP contribution in [0.4, 0.5) is 0 Å². The molecular weight excluding hydrogens is 278 g/mol. The van der Waals surface area contributed by atoms with E-state index in [4.69, 9.17) is 30.6 Å². The number of aliphatic hydroxyl groups is 3. The molecular formula is C11H16B2N2O6. The van der Waals surface area contributed by atoms with Crippen LogP contribution in [-0.2, 0) is 11.3 Å². The second-order valence-electron chi connectivity index (χ2n) is 4.52. The Morgan fingerprint density at radius 1 is 1.43 bits per heavy atom. The third kappa shape index (κ3) is 4.07. The van der Waals surface area contributed by atoms with E-state index in [9.17, 15) is 14.7 Å². The molecule has 2 atom stereocenters. The number of hydrogen-bond acceptors (Lipinski definition) is 6. The van der Waals surface area contributed by atoms with Crippen molar-refractivity contribution in [2.24, 2.45) is 0 Å². The topological polar surface area (TPSA) is 125 Å². The molecule has 10 heteroatoms. The number of hydrogen-bond donors (Lipinski definition) is 4. The van der Waals surface area contributed by atoms with E-state index in [1.807, 2.05) is 0 Å². The van der Waals surface area contributed by atoms with E-state index in [0.717, 1.165) is 11.7 Å². The highest BCUT2D eigenvalue weighted by Crippen LogP contribution is 2.30. The molecule has 2 unspecified atom stereocenters. The number of nitrogens with zero attached hydrogens (tertiary/aromatic N) is 1. The maximum Gasteiger partial charge on any atom is 0.330 e. The molecule has 2 heterocycles. The van der Waals surface area contributed by atoms with Crippen LogP contribution in [0.15, 0.2) is 15.8 Å². The molecule has 0 spiro atoms. The summed E-state index contributed by atoms with van der Waals surface area (Å²) in [6, 6.07) is 0. The number of rotatable bonds is 3. The monoisotopic (exact) mass is 294 g/mol. The Morgan fingerprint density at radius 3 is 2.52 bits per heavy atom. The number of aromatic nitrogens is 2. The number of ether oxygens (including phenoxy) is 1. The number of nitrogens with one attached hydrogen (secondary N) is 1. The summed E-state index contributed by atoms with van der Waals surface area (Å²) in [7, 11) is 11.6. The Balaban J connectivity index is 0.00000106. The Labute approximate surface area is 123 Å². The van der Waals surface area contributed by atoms with Crippen molar-refractivity contribution in [1.29, 1.82) is 0 Å². The first-order valence-corrected chi connectivity index (χ1v) is 6.18. The highest BCUT2D eigenvalue weighted by molar-refractivity contribution is 6.39. The fourth-order valence-corrected chi connectivity index (χ4v) is 2.02. The molecule has 1 aromatic heterocycles. The lowest BCUT2D eigenvalue weighted by atomic mass is 9.61. The van der Waals surface area contributed by atoms with Crippen LogP contribution in [0.3, 0.4) is 0 Å². The zero-order chi connectivity index (χ0) is 16.2. The Morgan fingerprint density at radius 2 is 2.05 bits per heavy atom. The van der Waals surface area contributed by atoms with Crippen molar-refractivity contribution in [2.75, 3.05) is 7.11 Å². The normalized spacial score (nSPS) is 21.7. The molecule has 112 valence electrons. The van der Waals surface area contributed by atoms with Crippen molar-refractivity contribution in [3.63, 3.8) is 0 Å². The minimum atomic E-state index is -1.99. The van der Waals surface area contributed by atoms with Gasteiger partial charge >= 0.3 is 5.69 Å². The lowest BCUT2D eigenvalue weighted by Crippen LogP contribution is -2.43. The lowest BCUT2D eigenvalue weighted by Gasteiger charge is -2.26. The van der Waals surface area contributed by atoms with E-state index in [0.29, 0.717) is 12.8 Å². The van der Waals surface area contributed by atoms with Crippen molar-refractivity contribution in [1.82, 2.24) is 9.55 Å². The van der Waals surface area contributed by atoms with E-state index in [1.165, 1.54) is 6.20 Å². The SMILES string of the molecule is CO.[B]C([B])(O)C1CCC(n2cc(CO)c(=O)[nH]c2=O)O1. The molecule has 4 N–H and O–H groups in total. The molecule has 1 aliphatic heterocycles. The van der Waals surface area contributed by atoms with Gasteiger partial charge in [0.15, 0.2) is 0 Å².